The van der Waals surface area contributed by atoms with Gasteiger partial charge in [0.1, 0.15) is 6.04 Å². The summed E-state index contributed by atoms with van der Waals surface area (Å²) in [5.74, 6) is 2.32. The molecule has 2 aliphatic rings. The molecule has 1 aromatic heterocycles. The highest BCUT2D eigenvalue weighted by atomic mass is 32.2. The predicted octanol–water partition coefficient (Wildman–Crippen LogP) is -1.02. The zero-order valence-corrected chi connectivity index (χ0v) is 12.6. The van der Waals surface area contributed by atoms with Gasteiger partial charge >= 0.3 is 0 Å². The molecule has 0 spiro atoms. The molecule has 0 saturated carbocycles. The fourth-order valence-corrected chi connectivity index (χ4v) is 4.15. The van der Waals surface area contributed by atoms with Crippen LogP contribution in [-0.4, -0.2) is 46.7 Å². The standard InChI is InChI=1S/C13H23N5S/c1-17-12(11-5-4-6-14-11)15-16-13(17)19-10-9-18-7-2-3-8-18/h11,14H,2-10H2,1H3/p+2/t11-/m0/s1. The Morgan fingerprint density at radius 2 is 2.16 bits per heavy atom. The molecule has 19 heavy (non-hydrogen) atoms. The predicted molar refractivity (Wildman–Crippen MR) is 75.3 cm³/mol. The first-order chi connectivity index (χ1) is 9.34. The number of nitrogens with one attached hydrogen (secondary N) is 1. The van der Waals surface area contributed by atoms with Crippen LogP contribution in [0.2, 0.25) is 0 Å². The normalized spacial score (nSPS) is 24.4. The van der Waals surface area contributed by atoms with Crippen molar-refractivity contribution < 1.29 is 10.2 Å². The Bertz CT molecular complexity index is 407. The number of aromatic nitrogens is 3. The second-order valence-electron chi connectivity index (χ2n) is 5.73. The average Bonchev–Trinajstić information content (AvgIpc) is 3.12. The summed E-state index contributed by atoms with van der Waals surface area (Å²) < 4.78 is 2.20. The first-order valence-electron chi connectivity index (χ1n) is 7.53. The third-order valence-electron chi connectivity index (χ3n) is 4.37. The fraction of sp³-hybridized carbons (Fsp3) is 0.846. The van der Waals surface area contributed by atoms with Crippen LogP contribution in [0.3, 0.4) is 0 Å². The van der Waals surface area contributed by atoms with Crippen LogP contribution in [0.1, 0.15) is 37.5 Å². The molecular weight excluding hydrogens is 258 g/mol. The quantitative estimate of drug-likeness (QED) is 0.681. The lowest BCUT2D eigenvalue weighted by atomic mass is 10.2. The summed E-state index contributed by atoms with van der Waals surface area (Å²) in [6.07, 6.45) is 5.37. The molecule has 0 radical (unpaired) electrons. The molecule has 2 saturated heterocycles. The highest BCUT2D eigenvalue weighted by Crippen LogP contribution is 2.20. The van der Waals surface area contributed by atoms with Crippen molar-refractivity contribution in [2.24, 2.45) is 7.05 Å². The molecule has 0 bridgehead atoms. The lowest BCUT2D eigenvalue weighted by Gasteiger charge is -2.11. The van der Waals surface area contributed by atoms with Crippen LogP contribution in [0.25, 0.3) is 0 Å². The van der Waals surface area contributed by atoms with E-state index in [-0.39, 0.29) is 0 Å². The number of thioether (sulfide) groups is 1. The third-order valence-corrected chi connectivity index (χ3v) is 5.39. The Hall–Kier alpha value is -0.590. The van der Waals surface area contributed by atoms with E-state index < -0.39 is 0 Å². The molecule has 3 heterocycles. The molecule has 1 atom stereocenters. The number of nitrogens with zero attached hydrogens (tertiary/aromatic N) is 3. The second-order valence-corrected chi connectivity index (χ2v) is 6.79. The van der Waals surface area contributed by atoms with Crippen molar-refractivity contribution in [1.29, 1.82) is 0 Å². The maximum Gasteiger partial charge on any atom is 0.191 e. The Labute approximate surface area is 119 Å². The third kappa shape index (κ3) is 3.12. The molecule has 106 valence electrons. The van der Waals surface area contributed by atoms with Gasteiger partial charge in [-0.15, -0.1) is 10.2 Å². The average molecular weight is 283 g/mol. The highest BCUT2D eigenvalue weighted by Gasteiger charge is 2.26. The van der Waals surface area contributed by atoms with E-state index in [1.54, 1.807) is 4.90 Å². The van der Waals surface area contributed by atoms with Gasteiger partial charge in [-0.05, 0) is 0 Å². The summed E-state index contributed by atoms with van der Waals surface area (Å²) in [5.41, 5.74) is 0. The SMILES string of the molecule is Cn1c(SCC[NH+]2CCCC2)nnc1[C@@H]1CCC[NH2+]1. The van der Waals surface area contributed by atoms with Crippen molar-refractivity contribution in [3.8, 4) is 0 Å². The van der Waals surface area contributed by atoms with E-state index in [1.807, 2.05) is 11.8 Å². The number of likely N-dealkylation sites (tertiary alicyclic amines) is 1. The topological polar surface area (TPSA) is 51.8 Å². The van der Waals surface area contributed by atoms with Crippen molar-refractivity contribution in [3.63, 3.8) is 0 Å². The van der Waals surface area contributed by atoms with Crippen LogP contribution < -0.4 is 10.2 Å². The minimum atomic E-state index is 0.538. The van der Waals surface area contributed by atoms with Gasteiger partial charge in [-0.1, -0.05) is 11.8 Å². The van der Waals surface area contributed by atoms with Crippen LogP contribution in [0.15, 0.2) is 5.16 Å². The molecule has 3 N–H and O–H groups in total. The summed E-state index contributed by atoms with van der Waals surface area (Å²) in [5, 5.41) is 12.3. The van der Waals surface area contributed by atoms with Gasteiger partial charge in [0, 0.05) is 32.7 Å². The Kier molecular flexibility index (Phi) is 4.40. The van der Waals surface area contributed by atoms with Crippen molar-refractivity contribution in [3.05, 3.63) is 5.82 Å². The molecule has 0 aliphatic carbocycles. The number of hydrogen-bond donors (Lipinski definition) is 2. The van der Waals surface area contributed by atoms with Gasteiger partial charge in [0.25, 0.3) is 0 Å². The number of hydrogen-bond acceptors (Lipinski definition) is 3. The second kappa shape index (κ2) is 6.24. The molecule has 6 heteroatoms. The molecular formula is C13H25N5S+2. The molecule has 0 amide bonds. The van der Waals surface area contributed by atoms with Crippen molar-refractivity contribution in [1.82, 2.24) is 14.8 Å². The minimum absolute atomic E-state index is 0.538. The van der Waals surface area contributed by atoms with Crippen molar-refractivity contribution in [2.75, 3.05) is 31.9 Å². The number of rotatable bonds is 5. The summed E-state index contributed by atoms with van der Waals surface area (Å²) in [6, 6.07) is 0.538. The first kappa shape index (κ1) is 13.4. The van der Waals surface area contributed by atoms with Gasteiger partial charge in [0.15, 0.2) is 11.0 Å². The Morgan fingerprint density at radius 1 is 1.32 bits per heavy atom. The molecule has 2 fully saturated rings. The molecule has 3 rings (SSSR count). The van der Waals surface area contributed by atoms with E-state index in [1.165, 1.54) is 51.9 Å². The summed E-state index contributed by atoms with van der Waals surface area (Å²) in [6.45, 7) is 5.23. The van der Waals surface area contributed by atoms with Crippen molar-refractivity contribution in [2.45, 2.75) is 36.9 Å². The van der Waals surface area contributed by atoms with Crippen LogP contribution in [0.4, 0.5) is 0 Å². The Balaban J connectivity index is 1.52. The van der Waals surface area contributed by atoms with Crippen LogP contribution in [-0.2, 0) is 7.05 Å². The molecule has 5 nitrogen and oxygen atoms in total. The molecule has 1 aromatic rings. The van der Waals surface area contributed by atoms with Gasteiger partial charge < -0.3 is 14.8 Å². The largest absolute Gasteiger partial charge is 0.337 e. The van der Waals surface area contributed by atoms with Gasteiger partial charge in [-0.25, -0.2) is 0 Å². The lowest BCUT2D eigenvalue weighted by molar-refractivity contribution is -0.884. The van der Waals surface area contributed by atoms with E-state index >= 15 is 0 Å². The monoisotopic (exact) mass is 283 g/mol. The van der Waals surface area contributed by atoms with Gasteiger partial charge in [-0.3, -0.25) is 0 Å². The van der Waals surface area contributed by atoms with Crippen LogP contribution in [0, 0.1) is 0 Å². The van der Waals surface area contributed by atoms with E-state index in [4.69, 9.17) is 0 Å². The summed E-state index contributed by atoms with van der Waals surface area (Å²) in [7, 11) is 2.12. The van der Waals surface area contributed by atoms with Gasteiger partial charge in [0.05, 0.1) is 31.9 Å². The van der Waals surface area contributed by atoms with Crippen LogP contribution >= 0.6 is 11.8 Å². The van der Waals surface area contributed by atoms with E-state index in [9.17, 15) is 0 Å². The Morgan fingerprint density at radius 3 is 2.89 bits per heavy atom. The maximum absolute atomic E-state index is 4.40. The maximum atomic E-state index is 4.40. The number of quaternary nitrogens is 2. The fourth-order valence-electron chi connectivity index (χ4n) is 3.20. The minimum Gasteiger partial charge on any atom is -0.337 e. The zero-order valence-electron chi connectivity index (χ0n) is 11.8. The van der Waals surface area contributed by atoms with Crippen molar-refractivity contribution >= 4 is 11.8 Å². The molecule has 0 unspecified atom stereocenters. The van der Waals surface area contributed by atoms with E-state index in [0.717, 1.165) is 16.7 Å². The van der Waals surface area contributed by atoms with Crippen LogP contribution in [0.5, 0.6) is 0 Å². The highest BCUT2D eigenvalue weighted by molar-refractivity contribution is 7.99. The van der Waals surface area contributed by atoms with E-state index in [0.29, 0.717) is 6.04 Å². The van der Waals surface area contributed by atoms with E-state index in [2.05, 4.69) is 27.1 Å². The van der Waals surface area contributed by atoms with Gasteiger partial charge in [-0.2, -0.15) is 0 Å². The zero-order chi connectivity index (χ0) is 13.1. The lowest BCUT2D eigenvalue weighted by Crippen LogP contribution is -3.10. The number of nitrogens with two attached hydrogens (primary N) is 1. The smallest absolute Gasteiger partial charge is 0.191 e. The van der Waals surface area contributed by atoms with Gasteiger partial charge in [0.2, 0.25) is 0 Å². The molecule has 0 aromatic carbocycles. The molecule has 2 aliphatic heterocycles. The summed E-state index contributed by atoms with van der Waals surface area (Å²) >= 11 is 1.87. The first-order valence-corrected chi connectivity index (χ1v) is 8.52. The summed E-state index contributed by atoms with van der Waals surface area (Å²) in [4.78, 5) is 1.76.